The van der Waals surface area contributed by atoms with Gasteiger partial charge in [-0.1, -0.05) is 23.4 Å². The van der Waals surface area contributed by atoms with Crippen molar-refractivity contribution in [2.75, 3.05) is 5.32 Å². The number of carbonyl (C=O) groups excluding carboxylic acids is 2. The van der Waals surface area contributed by atoms with Gasteiger partial charge in [0.15, 0.2) is 11.1 Å². The van der Waals surface area contributed by atoms with Crippen LogP contribution in [0, 0.1) is 0 Å². The van der Waals surface area contributed by atoms with Crippen LogP contribution in [-0.2, 0) is 9.59 Å². The van der Waals surface area contributed by atoms with Crippen molar-refractivity contribution < 1.29 is 9.59 Å². The van der Waals surface area contributed by atoms with Gasteiger partial charge in [-0.15, -0.1) is 0 Å². The second-order valence-corrected chi connectivity index (χ2v) is 5.74. The first-order chi connectivity index (χ1) is 9.94. The zero-order valence-electron chi connectivity index (χ0n) is 10.7. The maximum atomic E-state index is 11.9. The van der Waals surface area contributed by atoms with Crippen molar-refractivity contribution in [1.82, 2.24) is 0 Å². The fraction of sp³-hybridized carbons (Fsp3) is 0.167. The fourth-order valence-electron chi connectivity index (χ4n) is 1.57. The Hall–Kier alpha value is -2.06. The summed E-state index contributed by atoms with van der Waals surface area (Å²) in [7, 11) is 0. The van der Waals surface area contributed by atoms with Crippen LogP contribution in [0.4, 0.5) is 5.69 Å². The normalized spacial score (nSPS) is 17.3. The maximum Gasteiger partial charge on any atom is 0.262 e. The van der Waals surface area contributed by atoms with E-state index in [2.05, 4.69) is 15.3 Å². The van der Waals surface area contributed by atoms with Gasteiger partial charge in [-0.3, -0.25) is 9.59 Å². The molecule has 2 rings (SSSR count). The van der Waals surface area contributed by atoms with E-state index in [1.54, 1.807) is 24.3 Å². The minimum absolute atomic E-state index is 0.0148. The fourth-order valence-corrected chi connectivity index (χ4v) is 2.64. The number of nitrogens with zero attached hydrogens (tertiary/aromatic N) is 2. The third-order valence-electron chi connectivity index (χ3n) is 2.45. The lowest BCUT2D eigenvalue weighted by molar-refractivity contribution is -0.121. The molecule has 1 atom stereocenters. The monoisotopic (exact) mass is 325 g/mol. The molecule has 1 heterocycles. The quantitative estimate of drug-likeness (QED) is 0.563. The van der Waals surface area contributed by atoms with Crippen LogP contribution in [0.1, 0.15) is 6.42 Å². The molecule has 1 aliphatic rings. The molecule has 1 aromatic rings. The van der Waals surface area contributed by atoms with Crippen molar-refractivity contribution >= 4 is 52.0 Å². The Morgan fingerprint density at radius 1 is 1.38 bits per heavy atom. The summed E-state index contributed by atoms with van der Waals surface area (Å²) >= 11 is 6.81. The molecule has 0 unspecified atom stereocenters. The predicted molar refractivity (Wildman–Crippen MR) is 84.3 cm³/mol. The highest BCUT2D eigenvalue weighted by molar-refractivity contribution is 8.15. The minimum atomic E-state index is -0.615. The lowest BCUT2D eigenvalue weighted by atomic mass is 10.2. The summed E-state index contributed by atoms with van der Waals surface area (Å²) in [5, 5.41) is 2.80. The molecule has 7 nitrogen and oxygen atoms in total. The zero-order chi connectivity index (χ0) is 15.4. The summed E-state index contributed by atoms with van der Waals surface area (Å²) < 4.78 is 0. The molecule has 0 radical (unpaired) electrons. The third kappa shape index (κ3) is 4.47. The van der Waals surface area contributed by atoms with Crippen molar-refractivity contribution in [3.8, 4) is 0 Å². The molecule has 0 saturated carbocycles. The molecule has 21 heavy (non-hydrogen) atoms. The highest BCUT2D eigenvalue weighted by atomic mass is 35.5. The van der Waals surface area contributed by atoms with Gasteiger partial charge in [-0.2, -0.15) is 9.98 Å². The number of amides is 2. The van der Waals surface area contributed by atoms with Crippen molar-refractivity contribution in [1.29, 1.82) is 0 Å². The largest absolute Gasteiger partial charge is 0.370 e. The number of rotatable bonds is 3. The van der Waals surface area contributed by atoms with Gasteiger partial charge in [0.2, 0.25) is 5.91 Å². The number of anilines is 1. The Morgan fingerprint density at radius 3 is 2.67 bits per heavy atom. The summed E-state index contributed by atoms with van der Waals surface area (Å²) in [5.41, 5.74) is 11.0. The van der Waals surface area contributed by atoms with Gasteiger partial charge in [-0.05, 0) is 24.3 Å². The van der Waals surface area contributed by atoms with Gasteiger partial charge in [0.25, 0.3) is 5.91 Å². The van der Waals surface area contributed by atoms with E-state index in [1.165, 1.54) is 0 Å². The summed E-state index contributed by atoms with van der Waals surface area (Å²) in [4.78, 5) is 30.9. The number of guanidine groups is 1. The lowest BCUT2D eigenvalue weighted by Gasteiger charge is -2.07. The zero-order valence-corrected chi connectivity index (χ0v) is 12.3. The highest BCUT2D eigenvalue weighted by Gasteiger charge is 2.30. The second kappa shape index (κ2) is 6.59. The van der Waals surface area contributed by atoms with Crippen LogP contribution in [0.25, 0.3) is 0 Å². The Labute approximate surface area is 129 Å². The number of aliphatic imine (C=N–C) groups is 2. The molecule has 110 valence electrons. The average molecular weight is 326 g/mol. The molecular weight excluding hydrogens is 314 g/mol. The highest BCUT2D eigenvalue weighted by Crippen LogP contribution is 2.26. The van der Waals surface area contributed by atoms with Gasteiger partial charge in [-0.25, -0.2) is 0 Å². The van der Waals surface area contributed by atoms with Crippen molar-refractivity contribution in [3.63, 3.8) is 0 Å². The number of benzene rings is 1. The van der Waals surface area contributed by atoms with E-state index in [0.717, 1.165) is 11.8 Å². The van der Waals surface area contributed by atoms with E-state index >= 15 is 0 Å². The minimum Gasteiger partial charge on any atom is -0.370 e. The molecule has 5 N–H and O–H groups in total. The number of nitrogens with two attached hydrogens (primary N) is 2. The van der Waals surface area contributed by atoms with Gasteiger partial charge >= 0.3 is 0 Å². The molecule has 0 spiro atoms. The number of hydrogen-bond acceptors (Lipinski definition) is 4. The SMILES string of the molecule is NC(N)=NC1=NC(=O)[C@@H](CC(=O)Nc2ccc(Cl)cc2)S1. The van der Waals surface area contributed by atoms with E-state index < -0.39 is 11.2 Å². The van der Waals surface area contributed by atoms with E-state index in [1.807, 2.05) is 0 Å². The lowest BCUT2D eigenvalue weighted by Crippen LogP contribution is -2.23. The van der Waals surface area contributed by atoms with Crippen molar-refractivity contribution in [2.45, 2.75) is 11.7 Å². The van der Waals surface area contributed by atoms with Crippen molar-refractivity contribution in [3.05, 3.63) is 29.3 Å². The van der Waals surface area contributed by atoms with Crippen LogP contribution < -0.4 is 16.8 Å². The van der Waals surface area contributed by atoms with Crippen LogP contribution in [0.3, 0.4) is 0 Å². The van der Waals surface area contributed by atoms with Crippen LogP contribution in [0.2, 0.25) is 5.02 Å². The van der Waals surface area contributed by atoms with Crippen LogP contribution >= 0.6 is 23.4 Å². The van der Waals surface area contributed by atoms with Crippen LogP contribution in [0.5, 0.6) is 0 Å². The molecule has 0 aliphatic carbocycles. The van der Waals surface area contributed by atoms with Gasteiger partial charge in [0, 0.05) is 17.1 Å². The number of halogens is 1. The molecule has 9 heteroatoms. The smallest absolute Gasteiger partial charge is 0.262 e. The summed E-state index contributed by atoms with van der Waals surface area (Å²) in [6, 6.07) is 6.66. The Bertz CT molecular complexity index is 625. The molecule has 2 amide bonds. The number of hydrogen-bond donors (Lipinski definition) is 3. The number of amidine groups is 1. The van der Waals surface area contributed by atoms with Gasteiger partial charge in [0.05, 0.1) is 0 Å². The van der Waals surface area contributed by atoms with Gasteiger partial charge < -0.3 is 16.8 Å². The van der Waals surface area contributed by atoms with E-state index in [0.29, 0.717) is 10.7 Å². The Balaban J connectivity index is 1.91. The summed E-state index contributed by atoms with van der Waals surface area (Å²) in [6.07, 6.45) is -0.0148. The van der Waals surface area contributed by atoms with Crippen molar-refractivity contribution in [2.24, 2.45) is 21.5 Å². The Kier molecular flexibility index (Phi) is 4.81. The summed E-state index contributed by atoms with van der Waals surface area (Å²) in [6.45, 7) is 0. The molecule has 0 aromatic heterocycles. The predicted octanol–water partition coefficient (Wildman–Crippen LogP) is 0.940. The number of nitrogens with one attached hydrogen (secondary N) is 1. The second-order valence-electron chi connectivity index (χ2n) is 4.13. The van der Waals surface area contributed by atoms with E-state index in [9.17, 15) is 9.59 Å². The summed E-state index contributed by atoms with van der Waals surface area (Å²) in [5.74, 6) is -0.907. The molecule has 1 aromatic carbocycles. The van der Waals surface area contributed by atoms with Gasteiger partial charge in [0.1, 0.15) is 5.25 Å². The molecule has 0 saturated heterocycles. The maximum absolute atomic E-state index is 11.9. The van der Waals surface area contributed by atoms with E-state index in [4.69, 9.17) is 23.1 Å². The molecule has 1 aliphatic heterocycles. The number of carbonyl (C=O) groups is 2. The van der Waals surface area contributed by atoms with Crippen LogP contribution in [0.15, 0.2) is 34.3 Å². The first-order valence-electron chi connectivity index (χ1n) is 5.88. The van der Waals surface area contributed by atoms with E-state index in [-0.39, 0.29) is 23.5 Å². The third-order valence-corrected chi connectivity index (χ3v) is 3.75. The standard InChI is InChI=1S/C12H12ClN5O2S/c13-6-1-3-7(4-2-6)16-9(19)5-8-10(20)17-12(21-8)18-11(14)15/h1-4,8H,5H2,(H,16,19)(H4,14,15,17,18,20)/t8-/m1/s1. The molecule has 0 fully saturated rings. The van der Waals surface area contributed by atoms with Crippen LogP contribution in [-0.4, -0.2) is 28.2 Å². The average Bonchev–Trinajstić information content (AvgIpc) is 2.71. The first-order valence-corrected chi connectivity index (χ1v) is 7.14. The first kappa shape index (κ1) is 15.3. The topological polar surface area (TPSA) is 123 Å². The number of thioether (sulfide) groups is 1. The molecular formula is C12H12ClN5O2S. The Morgan fingerprint density at radius 2 is 2.05 bits per heavy atom. The molecule has 0 bridgehead atoms.